The van der Waals surface area contributed by atoms with Crippen molar-refractivity contribution >= 4 is 51.5 Å². The van der Waals surface area contributed by atoms with Crippen molar-refractivity contribution in [2.45, 2.75) is 0 Å². The number of methoxy groups -OCH3 is 2. The van der Waals surface area contributed by atoms with Gasteiger partial charge in [0.05, 0.1) is 22.7 Å². The van der Waals surface area contributed by atoms with Crippen LogP contribution in [0.3, 0.4) is 0 Å². The summed E-state index contributed by atoms with van der Waals surface area (Å²) in [4.78, 5) is 12.0. The zero-order chi connectivity index (χ0) is 14.0. The quantitative estimate of drug-likeness (QED) is 0.615. The summed E-state index contributed by atoms with van der Waals surface area (Å²) in [5.41, 5.74) is 0.828. The largest absolute Gasteiger partial charge is 0.493 e. The van der Waals surface area contributed by atoms with E-state index in [0.29, 0.717) is 16.4 Å². The summed E-state index contributed by atoms with van der Waals surface area (Å²) in [6.07, 6.45) is 1.73. The molecule has 1 amide bonds. The molecule has 0 bridgehead atoms. The molecule has 7 heteroatoms. The lowest BCUT2D eigenvalue weighted by molar-refractivity contribution is -0.115. The summed E-state index contributed by atoms with van der Waals surface area (Å²) >= 11 is 3.25. The van der Waals surface area contributed by atoms with E-state index in [-0.39, 0.29) is 11.1 Å². The van der Waals surface area contributed by atoms with E-state index >= 15 is 0 Å². The van der Waals surface area contributed by atoms with Crippen LogP contribution in [0.25, 0.3) is 6.08 Å². The Labute approximate surface area is 128 Å². The number of carbonyl (C=O) groups is 1. The smallest absolute Gasteiger partial charge is 0.264 e. The Morgan fingerprint density at radius 1 is 1.37 bits per heavy atom. The second kappa shape index (κ2) is 5.83. The van der Waals surface area contributed by atoms with Crippen molar-refractivity contribution in [3.05, 3.63) is 26.2 Å². The van der Waals surface area contributed by atoms with Gasteiger partial charge in [-0.2, -0.15) is 0 Å². The first kappa shape index (κ1) is 14.2. The summed E-state index contributed by atoms with van der Waals surface area (Å²) in [6, 6.07) is 3.69. The van der Waals surface area contributed by atoms with Gasteiger partial charge in [-0.05, 0) is 58.1 Å². The molecule has 1 aromatic rings. The van der Waals surface area contributed by atoms with Crippen LogP contribution in [0.4, 0.5) is 0 Å². The summed E-state index contributed by atoms with van der Waals surface area (Å²) in [7, 11) is 3.15. The maximum absolute atomic E-state index is 11.6. The molecule has 2 rings (SSSR count). The van der Waals surface area contributed by atoms with Crippen LogP contribution >= 0.6 is 34.4 Å². The normalized spacial score (nSPS) is 16.7. The number of rotatable bonds is 3. The van der Waals surface area contributed by atoms with Crippen molar-refractivity contribution in [3.63, 3.8) is 0 Å². The van der Waals surface area contributed by atoms with Crippen molar-refractivity contribution in [1.29, 1.82) is 5.41 Å². The van der Waals surface area contributed by atoms with E-state index in [9.17, 15) is 4.79 Å². The second-order valence-electron chi connectivity index (χ2n) is 3.63. The summed E-state index contributed by atoms with van der Waals surface area (Å²) < 4.78 is 11.4. The first-order valence-electron chi connectivity index (χ1n) is 5.26. The number of ether oxygens (including phenoxy) is 2. The van der Waals surface area contributed by atoms with Crippen LogP contribution < -0.4 is 14.8 Å². The Balaban J connectivity index is 2.42. The predicted molar refractivity (Wildman–Crippen MR) is 83.7 cm³/mol. The van der Waals surface area contributed by atoms with Gasteiger partial charge in [-0.3, -0.25) is 10.2 Å². The molecule has 5 nitrogen and oxygen atoms in total. The molecular formula is C12H11IN2O3S. The Hall–Kier alpha value is -1.22. The first-order valence-corrected chi connectivity index (χ1v) is 7.15. The van der Waals surface area contributed by atoms with Gasteiger partial charge in [0, 0.05) is 0 Å². The monoisotopic (exact) mass is 390 g/mol. The zero-order valence-corrected chi connectivity index (χ0v) is 13.2. The number of nitrogens with one attached hydrogen (secondary N) is 2. The minimum absolute atomic E-state index is 0.145. The predicted octanol–water partition coefficient (Wildman–Crippen LogP) is 2.45. The number of amidine groups is 1. The van der Waals surface area contributed by atoms with E-state index in [0.717, 1.165) is 20.9 Å². The molecule has 1 aromatic carbocycles. The molecule has 0 radical (unpaired) electrons. The molecule has 0 spiro atoms. The molecule has 1 aliphatic heterocycles. The van der Waals surface area contributed by atoms with Crippen molar-refractivity contribution in [2.75, 3.05) is 14.2 Å². The van der Waals surface area contributed by atoms with Crippen LogP contribution in [-0.4, -0.2) is 25.3 Å². The fourth-order valence-electron chi connectivity index (χ4n) is 1.61. The molecule has 1 saturated heterocycles. The Morgan fingerprint density at radius 2 is 2.11 bits per heavy atom. The maximum atomic E-state index is 11.6. The summed E-state index contributed by atoms with van der Waals surface area (Å²) in [5, 5.41) is 9.98. The van der Waals surface area contributed by atoms with Crippen LogP contribution in [0.2, 0.25) is 0 Å². The van der Waals surface area contributed by atoms with Gasteiger partial charge >= 0.3 is 0 Å². The van der Waals surface area contributed by atoms with Crippen molar-refractivity contribution in [2.24, 2.45) is 0 Å². The van der Waals surface area contributed by atoms with Crippen LogP contribution in [-0.2, 0) is 4.79 Å². The highest BCUT2D eigenvalue weighted by Crippen LogP contribution is 2.35. The van der Waals surface area contributed by atoms with Crippen LogP contribution in [0.15, 0.2) is 17.0 Å². The molecule has 0 unspecified atom stereocenters. The first-order chi connectivity index (χ1) is 9.05. The Kier molecular flexibility index (Phi) is 4.35. The molecule has 100 valence electrons. The lowest BCUT2D eigenvalue weighted by atomic mass is 10.2. The fraction of sp³-hybridized carbons (Fsp3) is 0.167. The lowest BCUT2D eigenvalue weighted by Crippen LogP contribution is -2.18. The highest BCUT2D eigenvalue weighted by molar-refractivity contribution is 14.1. The molecule has 1 fully saturated rings. The van der Waals surface area contributed by atoms with Crippen molar-refractivity contribution in [3.8, 4) is 11.5 Å². The van der Waals surface area contributed by atoms with Gasteiger partial charge in [0.2, 0.25) is 0 Å². The van der Waals surface area contributed by atoms with Gasteiger partial charge < -0.3 is 14.8 Å². The van der Waals surface area contributed by atoms with Crippen molar-refractivity contribution in [1.82, 2.24) is 5.32 Å². The number of carbonyl (C=O) groups excluding carboxylic acids is 1. The SMILES string of the molecule is COc1cc(C=C2SC(=N)NC2=O)cc(I)c1OC. The highest BCUT2D eigenvalue weighted by atomic mass is 127. The van der Waals surface area contributed by atoms with Gasteiger partial charge in [0.1, 0.15) is 0 Å². The van der Waals surface area contributed by atoms with E-state index in [1.165, 1.54) is 0 Å². The zero-order valence-electron chi connectivity index (χ0n) is 10.2. The third kappa shape index (κ3) is 3.03. The van der Waals surface area contributed by atoms with Crippen LogP contribution in [0, 0.1) is 8.98 Å². The molecule has 2 N–H and O–H groups in total. The van der Waals surface area contributed by atoms with Gasteiger partial charge in [-0.25, -0.2) is 0 Å². The van der Waals surface area contributed by atoms with Gasteiger partial charge in [-0.15, -0.1) is 0 Å². The van der Waals surface area contributed by atoms with Crippen molar-refractivity contribution < 1.29 is 14.3 Å². The molecule has 1 heterocycles. The molecule has 0 atom stereocenters. The van der Waals surface area contributed by atoms with Crippen LogP contribution in [0.5, 0.6) is 11.5 Å². The van der Waals surface area contributed by atoms with Gasteiger partial charge in [0.15, 0.2) is 16.7 Å². The topological polar surface area (TPSA) is 71.4 Å². The molecule has 0 aliphatic carbocycles. The minimum atomic E-state index is -0.250. The molecule has 0 saturated carbocycles. The third-order valence-electron chi connectivity index (χ3n) is 2.42. The number of hydrogen-bond acceptors (Lipinski definition) is 5. The number of thioether (sulfide) groups is 1. The van der Waals surface area contributed by atoms with E-state index in [1.54, 1.807) is 26.4 Å². The Bertz CT molecular complexity index is 587. The Morgan fingerprint density at radius 3 is 2.63 bits per heavy atom. The van der Waals surface area contributed by atoms with Crippen LogP contribution in [0.1, 0.15) is 5.56 Å². The average Bonchev–Trinajstić information content (AvgIpc) is 2.67. The number of hydrogen-bond donors (Lipinski definition) is 2. The maximum Gasteiger partial charge on any atom is 0.264 e. The highest BCUT2D eigenvalue weighted by Gasteiger charge is 2.22. The number of amides is 1. The van der Waals surface area contributed by atoms with Gasteiger partial charge in [0.25, 0.3) is 5.91 Å². The molecule has 0 aromatic heterocycles. The summed E-state index contributed by atoms with van der Waals surface area (Å²) in [5.74, 6) is 1.03. The minimum Gasteiger partial charge on any atom is -0.493 e. The lowest BCUT2D eigenvalue weighted by Gasteiger charge is -2.10. The second-order valence-corrected chi connectivity index (χ2v) is 5.85. The third-order valence-corrected chi connectivity index (χ3v) is 4.05. The van der Waals surface area contributed by atoms with E-state index in [4.69, 9.17) is 14.9 Å². The van der Waals surface area contributed by atoms with E-state index in [2.05, 4.69) is 27.9 Å². The number of halogens is 1. The average molecular weight is 390 g/mol. The molecule has 19 heavy (non-hydrogen) atoms. The van der Waals surface area contributed by atoms with Gasteiger partial charge in [-0.1, -0.05) is 0 Å². The standard InChI is InChI=1S/C12H11IN2O3S/c1-17-8-4-6(3-7(13)10(8)18-2)5-9-11(16)15-12(14)19-9/h3-5H,1-2H3,(H2,14,15,16). The molecule has 1 aliphatic rings. The summed E-state index contributed by atoms with van der Waals surface area (Å²) in [6.45, 7) is 0. The van der Waals surface area contributed by atoms with E-state index in [1.807, 2.05) is 6.07 Å². The van der Waals surface area contributed by atoms with E-state index < -0.39 is 0 Å². The molecular weight excluding hydrogens is 379 g/mol. The number of benzene rings is 1. The fourth-order valence-corrected chi connectivity index (χ4v) is 3.16.